The third-order valence-electron chi connectivity index (χ3n) is 4.84. The second-order valence-corrected chi connectivity index (χ2v) is 7.47. The van der Waals surface area contributed by atoms with Crippen LogP contribution in [-0.4, -0.2) is 16.6 Å². The zero-order chi connectivity index (χ0) is 19.6. The molecule has 0 spiro atoms. The number of nitrogens with one attached hydrogen (secondary N) is 3. The number of aryl methyl sites for hydroxylation is 4. The molecule has 0 unspecified atom stereocenters. The molecule has 1 heterocycles. The Morgan fingerprint density at radius 2 is 1.70 bits per heavy atom. The van der Waals surface area contributed by atoms with Crippen LogP contribution in [0.2, 0.25) is 0 Å². The zero-order valence-corrected chi connectivity index (χ0v) is 17.0. The van der Waals surface area contributed by atoms with E-state index >= 15 is 0 Å². The van der Waals surface area contributed by atoms with Gasteiger partial charge in [-0.1, -0.05) is 24.3 Å². The predicted octanol–water partition coefficient (Wildman–Crippen LogP) is 4.29. The molecule has 0 aliphatic heterocycles. The smallest absolute Gasteiger partial charge is 0.251 e. The van der Waals surface area contributed by atoms with Crippen LogP contribution in [0.4, 0.5) is 5.69 Å². The highest BCUT2D eigenvalue weighted by Gasteiger charge is 2.08. The summed E-state index contributed by atoms with van der Waals surface area (Å²) in [5.41, 5.74) is 7.21. The Labute approximate surface area is 165 Å². The summed E-state index contributed by atoms with van der Waals surface area (Å²) in [5.74, 6) is 0. The number of benzene rings is 2. The van der Waals surface area contributed by atoms with Gasteiger partial charge in [0.25, 0.3) is 5.56 Å². The molecule has 140 valence electrons. The maximum Gasteiger partial charge on any atom is 0.251 e. The van der Waals surface area contributed by atoms with E-state index in [0.717, 1.165) is 38.8 Å². The first kappa shape index (κ1) is 19.1. The van der Waals surface area contributed by atoms with Gasteiger partial charge in [-0.2, -0.15) is 0 Å². The molecule has 2 aromatic carbocycles. The number of hydrogen-bond donors (Lipinski definition) is 3. The molecule has 0 atom stereocenters. The van der Waals surface area contributed by atoms with E-state index < -0.39 is 0 Å². The summed E-state index contributed by atoms with van der Waals surface area (Å²) >= 11 is 5.39. The van der Waals surface area contributed by atoms with E-state index in [9.17, 15) is 4.79 Å². The summed E-state index contributed by atoms with van der Waals surface area (Å²) in [6, 6.07) is 12.3. The largest absolute Gasteiger partial charge is 0.362 e. The maximum atomic E-state index is 12.4. The number of anilines is 1. The van der Waals surface area contributed by atoms with Crippen LogP contribution in [0.5, 0.6) is 0 Å². The Morgan fingerprint density at radius 3 is 2.48 bits per heavy atom. The number of fused-ring (bicyclic) bond motifs is 1. The monoisotopic (exact) mass is 379 g/mol. The minimum Gasteiger partial charge on any atom is -0.362 e. The van der Waals surface area contributed by atoms with Crippen molar-refractivity contribution in [2.75, 3.05) is 11.9 Å². The standard InChI is InChI=1S/C22H25N3OS/c1-13-5-6-15(3)19(11-13)24-22(27)23-10-9-17-12-18-14(2)7-8-16(4)20(18)25-21(17)26/h5-8,11-12H,9-10H2,1-4H3,(H,25,26)(H2,23,24,27). The molecular weight excluding hydrogens is 354 g/mol. The van der Waals surface area contributed by atoms with Gasteiger partial charge in [0.1, 0.15) is 0 Å². The van der Waals surface area contributed by atoms with E-state index in [1.54, 1.807) is 0 Å². The first-order chi connectivity index (χ1) is 12.8. The van der Waals surface area contributed by atoms with Gasteiger partial charge in [-0.3, -0.25) is 4.79 Å². The average Bonchev–Trinajstić information content (AvgIpc) is 2.62. The molecule has 27 heavy (non-hydrogen) atoms. The molecule has 0 amide bonds. The summed E-state index contributed by atoms with van der Waals surface area (Å²) in [6.45, 7) is 8.76. The first-order valence-corrected chi connectivity index (χ1v) is 9.50. The Bertz CT molecular complexity index is 1070. The van der Waals surface area contributed by atoms with Crippen molar-refractivity contribution < 1.29 is 0 Å². The molecular formula is C22H25N3OS. The number of thiocarbonyl (C=S) groups is 1. The zero-order valence-electron chi connectivity index (χ0n) is 16.2. The normalized spacial score (nSPS) is 10.8. The van der Waals surface area contributed by atoms with E-state index in [0.29, 0.717) is 18.1 Å². The topological polar surface area (TPSA) is 56.9 Å². The number of pyridine rings is 1. The summed E-state index contributed by atoms with van der Waals surface area (Å²) in [4.78, 5) is 15.4. The first-order valence-electron chi connectivity index (χ1n) is 9.09. The summed E-state index contributed by atoms with van der Waals surface area (Å²) in [6.07, 6.45) is 0.604. The fourth-order valence-corrected chi connectivity index (χ4v) is 3.36. The van der Waals surface area contributed by atoms with Gasteiger partial charge in [-0.05, 0) is 80.7 Å². The minimum absolute atomic E-state index is 0.0357. The van der Waals surface area contributed by atoms with Crippen LogP contribution in [0, 0.1) is 27.7 Å². The highest BCUT2D eigenvalue weighted by Crippen LogP contribution is 2.20. The van der Waals surface area contributed by atoms with Crippen molar-refractivity contribution in [2.24, 2.45) is 0 Å². The van der Waals surface area contributed by atoms with Gasteiger partial charge in [0, 0.05) is 23.2 Å². The number of H-pyrrole nitrogens is 1. The predicted molar refractivity (Wildman–Crippen MR) is 118 cm³/mol. The van der Waals surface area contributed by atoms with Gasteiger partial charge >= 0.3 is 0 Å². The van der Waals surface area contributed by atoms with Crippen molar-refractivity contribution in [3.63, 3.8) is 0 Å². The average molecular weight is 380 g/mol. The van der Waals surface area contributed by atoms with Gasteiger partial charge in [-0.25, -0.2) is 0 Å². The van der Waals surface area contributed by atoms with Gasteiger partial charge in [-0.15, -0.1) is 0 Å². The second-order valence-electron chi connectivity index (χ2n) is 7.06. The third kappa shape index (κ3) is 4.37. The highest BCUT2D eigenvalue weighted by molar-refractivity contribution is 7.80. The van der Waals surface area contributed by atoms with Crippen LogP contribution < -0.4 is 16.2 Å². The van der Waals surface area contributed by atoms with Crippen LogP contribution >= 0.6 is 12.2 Å². The number of hydrogen-bond acceptors (Lipinski definition) is 2. The van der Waals surface area contributed by atoms with Crippen molar-refractivity contribution >= 4 is 33.9 Å². The lowest BCUT2D eigenvalue weighted by Crippen LogP contribution is -2.31. The van der Waals surface area contributed by atoms with E-state index in [4.69, 9.17) is 12.2 Å². The molecule has 4 nitrogen and oxygen atoms in total. The fourth-order valence-electron chi connectivity index (χ4n) is 3.15. The molecule has 3 N–H and O–H groups in total. The summed E-state index contributed by atoms with van der Waals surface area (Å²) < 4.78 is 0. The molecule has 0 radical (unpaired) electrons. The molecule has 0 fully saturated rings. The lowest BCUT2D eigenvalue weighted by Gasteiger charge is -2.13. The molecule has 0 saturated heterocycles. The van der Waals surface area contributed by atoms with E-state index in [1.165, 1.54) is 5.56 Å². The van der Waals surface area contributed by atoms with Crippen LogP contribution in [0.25, 0.3) is 10.9 Å². The molecule has 0 bridgehead atoms. The van der Waals surface area contributed by atoms with E-state index in [-0.39, 0.29) is 5.56 Å². The van der Waals surface area contributed by atoms with E-state index in [1.807, 2.05) is 26.0 Å². The van der Waals surface area contributed by atoms with Crippen molar-refractivity contribution in [3.8, 4) is 0 Å². The SMILES string of the molecule is Cc1ccc(C)c(NC(=S)NCCc2cc3c(C)ccc(C)c3[nH]c2=O)c1. The maximum absolute atomic E-state index is 12.4. The molecule has 3 rings (SSSR count). The van der Waals surface area contributed by atoms with Crippen molar-refractivity contribution in [3.05, 3.63) is 74.6 Å². The second kappa shape index (κ2) is 7.92. The van der Waals surface area contributed by atoms with Crippen molar-refractivity contribution in [2.45, 2.75) is 34.1 Å². The molecule has 0 aliphatic carbocycles. The van der Waals surface area contributed by atoms with Crippen molar-refractivity contribution in [1.82, 2.24) is 10.3 Å². The molecule has 3 aromatic rings. The molecule has 5 heteroatoms. The Kier molecular flexibility index (Phi) is 5.61. The van der Waals surface area contributed by atoms with Gasteiger partial charge in [0.15, 0.2) is 5.11 Å². The Morgan fingerprint density at radius 1 is 1.00 bits per heavy atom. The number of aromatic amines is 1. The number of aromatic nitrogens is 1. The van der Waals surface area contributed by atoms with E-state index in [2.05, 4.69) is 53.7 Å². The quantitative estimate of drug-likeness (QED) is 0.592. The minimum atomic E-state index is -0.0357. The van der Waals surface area contributed by atoms with Gasteiger partial charge in [0.05, 0.1) is 5.52 Å². The van der Waals surface area contributed by atoms with Crippen molar-refractivity contribution in [1.29, 1.82) is 0 Å². The molecule has 0 saturated carbocycles. The lowest BCUT2D eigenvalue weighted by atomic mass is 10.0. The van der Waals surface area contributed by atoms with Crippen LogP contribution in [0.3, 0.4) is 0 Å². The van der Waals surface area contributed by atoms with Gasteiger partial charge < -0.3 is 15.6 Å². The molecule has 1 aromatic heterocycles. The van der Waals surface area contributed by atoms with Crippen LogP contribution in [-0.2, 0) is 6.42 Å². The Balaban J connectivity index is 1.67. The third-order valence-corrected chi connectivity index (χ3v) is 5.09. The summed E-state index contributed by atoms with van der Waals surface area (Å²) in [7, 11) is 0. The highest BCUT2D eigenvalue weighted by atomic mass is 32.1. The fraction of sp³-hybridized carbons (Fsp3) is 0.273. The lowest BCUT2D eigenvalue weighted by molar-refractivity contribution is 0.863. The summed E-state index contributed by atoms with van der Waals surface area (Å²) in [5, 5.41) is 8.09. The Hall–Kier alpha value is -2.66. The molecule has 0 aliphatic rings. The van der Waals surface area contributed by atoms with Gasteiger partial charge in [0.2, 0.25) is 0 Å². The number of rotatable bonds is 4. The van der Waals surface area contributed by atoms with Crippen LogP contribution in [0.1, 0.15) is 27.8 Å². The van der Waals surface area contributed by atoms with Crippen LogP contribution in [0.15, 0.2) is 41.2 Å².